The SMILES string of the molecule is O=C(/C=C/c1ccc(N2CCCC2=O)cc1)N1CCN(Cc2ccccn2)CC1. The molecule has 0 atom stereocenters. The zero-order valence-electron chi connectivity index (χ0n) is 16.5. The van der Waals surface area contributed by atoms with Gasteiger partial charge in [-0.25, -0.2) is 0 Å². The standard InChI is InChI=1S/C23H26N4O2/c28-22(26-16-14-25(15-17-26)18-20-4-1-2-12-24-20)11-8-19-6-9-21(10-7-19)27-13-3-5-23(27)29/h1-2,4,6-12H,3,5,13-18H2/b11-8+. The molecule has 2 saturated heterocycles. The van der Waals surface area contributed by atoms with Gasteiger partial charge < -0.3 is 9.80 Å². The van der Waals surface area contributed by atoms with Gasteiger partial charge in [0.05, 0.1) is 5.69 Å². The number of piperazine rings is 1. The van der Waals surface area contributed by atoms with E-state index in [-0.39, 0.29) is 11.8 Å². The molecule has 0 bridgehead atoms. The van der Waals surface area contributed by atoms with Gasteiger partial charge in [0.25, 0.3) is 0 Å². The van der Waals surface area contributed by atoms with Crippen molar-refractivity contribution in [3.8, 4) is 0 Å². The average Bonchev–Trinajstić information content (AvgIpc) is 3.19. The number of rotatable bonds is 5. The van der Waals surface area contributed by atoms with Crippen LogP contribution in [0.2, 0.25) is 0 Å². The lowest BCUT2D eigenvalue weighted by atomic mass is 10.1. The Bertz CT molecular complexity index is 872. The summed E-state index contributed by atoms with van der Waals surface area (Å²) in [7, 11) is 0. The minimum Gasteiger partial charge on any atom is -0.337 e. The fraction of sp³-hybridized carbons (Fsp3) is 0.348. The Kier molecular flexibility index (Phi) is 6.00. The van der Waals surface area contributed by atoms with Crippen LogP contribution in [0, 0.1) is 0 Å². The summed E-state index contributed by atoms with van der Waals surface area (Å²) in [6, 6.07) is 13.8. The van der Waals surface area contributed by atoms with Crippen molar-refractivity contribution >= 4 is 23.6 Å². The Morgan fingerprint density at radius 3 is 2.45 bits per heavy atom. The largest absolute Gasteiger partial charge is 0.337 e. The second-order valence-corrected chi connectivity index (χ2v) is 7.50. The molecule has 2 aromatic rings. The van der Waals surface area contributed by atoms with Crippen molar-refractivity contribution in [2.24, 2.45) is 0 Å². The maximum absolute atomic E-state index is 12.5. The zero-order valence-corrected chi connectivity index (χ0v) is 16.5. The van der Waals surface area contributed by atoms with Gasteiger partial charge in [-0.05, 0) is 42.3 Å². The summed E-state index contributed by atoms with van der Waals surface area (Å²) >= 11 is 0. The molecule has 1 aromatic heterocycles. The molecular weight excluding hydrogens is 364 g/mol. The number of pyridine rings is 1. The number of hydrogen-bond donors (Lipinski definition) is 0. The Labute approximate surface area is 171 Å². The third kappa shape index (κ3) is 4.90. The number of amides is 2. The van der Waals surface area contributed by atoms with Crippen molar-refractivity contribution in [3.05, 3.63) is 66.0 Å². The van der Waals surface area contributed by atoms with Crippen molar-refractivity contribution in [3.63, 3.8) is 0 Å². The van der Waals surface area contributed by atoms with E-state index in [0.717, 1.165) is 62.6 Å². The van der Waals surface area contributed by atoms with Crippen molar-refractivity contribution in [1.82, 2.24) is 14.8 Å². The number of nitrogens with zero attached hydrogens (tertiary/aromatic N) is 4. The van der Waals surface area contributed by atoms with Crippen LogP contribution in [0.15, 0.2) is 54.7 Å². The molecule has 0 N–H and O–H groups in total. The highest BCUT2D eigenvalue weighted by Crippen LogP contribution is 2.22. The lowest BCUT2D eigenvalue weighted by Gasteiger charge is -2.34. The molecule has 0 radical (unpaired) electrons. The molecule has 2 amide bonds. The Morgan fingerprint density at radius 1 is 1.00 bits per heavy atom. The summed E-state index contributed by atoms with van der Waals surface area (Å²) in [6.45, 7) is 4.78. The molecule has 6 nitrogen and oxygen atoms in total. The highest BCUT2D eigenvalue weighted by atomic mass is 16.2. The number of hydrogen-bond acceptors (Lipinski definition) is 4. The van der Waals surface area contributed by atoms with E-state index in [1.165, 1.54) is 0 Å². The van der Waals surface area contributed by atoms with Crippen molar-refractivity contribution in [2.45, 2.75) is 19.4 Å². The molecule has 29 heavy (non-hydrogen) atoms. The number of anilines is 1. The summed E-state index contributed by atoms with van der Waals surface area (Å²) in [5, 5.41) is 0. The predicted molar refractivity (Wildman–Crippen MR) is 113 cm³/mol. The Balaban J connectivity index is 1.27. The minimum absolute atomic E-state index is 0.0429. The molecule has 3 heterocycles. The van der Waals surface area contributed by atoms with Crippen LogP contribution < -0.4 is 4.90 Å². The van der Waals surface area contributed by atoms with Gasteiger partial charge in [0.1, 0.15) is 0 Å². The average molecular weight is 390 g/mol. The monoisotopic (exact) mass is 390 g/mol. The normalized spacial score (nSPS) is 18.0. The minimum atomic E-state index is 0.0429. The van der Waals surface area contributed by atoms with Crippen molar-refractivity contribution in [2.75, 3.05) is 37.6 Å². The highest BCUT2D eigenvalue weighted by molar-refractivity contribution is 5.95. The van der Waals surface area contributed by atoms with Gasteiger partial charge in [0.2, 0.25) is 11.8 Å². The molecule has 6 heteroatoms. The summed E-state index contributed by atoms with van der Waals surface area (Å²) < 4.78 is 0. The Morgan fingerprint density at radius 2 is 1.79 bits per heavy atom. The molecule has 2 aliphatic rings. The molecule has 0 saturated carbocycles. The van der Waals surface area contributed by atoms with Crippen LogP contribution in [0.3, 0.4) is 0 Å². The van der Waals surface area contributed by atoms with Crippen molar-refractivity contribution < 1.29 is 9.59 Å². The second-order valence-electron chi connectivity index (χ2n) is 7.50. The van der Waals surface area contributed by atoms with Gasteiger partial charge in [-0.2, -0.15) is 0 Å². The van der Waals surface area contributed by atoms with Crippen LogP contribution >= 0.6 is 0 Å². The van der Waals surface area contributed by atoms with Crippen LogP contribution in [0.5, 0.6) is 0 Å². The van der Waals surface area contributed by atoms with Crippen LogP contribution in [0.4, 0.5) is 5.69 Å². The predicted octanol–water partition coefficient (Wildman–Crippen LogP) is 2.57. The third-order valence-corrected chi connectivity index (χ3v) is 5.49. The third-order valence-electron chi connectivity index (χ3n) is 5.49. The lowest BCUT2D eigenvalue weighted by molar-refractivity contribution is -0.127. The van der Waals surface area contributed by atoms with E-state index in [1.54, 1.807) is 6.08 Å². The maximum Gasteiger partial charge on any atom is 0.246 e. The van der Waals surface area contributed by atoms with Crippen LogP contribution in [-0.2, 0) is 16.1 Å². The second kappa shape index (κ2) is 9.01. The molecule has 0 unspecified atom stereocenters. The molecule has 150 valence electrons. The van der Waals surface area contributed by atoms with Gasteiger partial charge in [-0.15, -0.1) is 0 Å². The first-order chi connectivity index (χ1) is 14.2. The number of carbonyl (C=O) groups is 2. The fourth-order valence-corrected chi connectivity index (χ4v) is 3.81. The van der Waals surface area contributed by atoms with Crippen LogP contribution in [0.1, 0.15) is 24.1 Å². The maximum atomic E-state index is 12.5. The first-order valence-corrected chi connectivity index (χ1v) is 10.2. The van der Waals surface area contributed by atoms with Gasteiger partial charge in [-0.1, -0.05) is 18.2 Å². The van der Waals surface area contributed by atoms with Gasteiger partial charge >= 0.3 is 0 Å². The Hall–Kier alpha value is -2.99. The first kappa shape index (κ1) is 19.3. The summed E-state index contributed by atoms with van der Waals surface area (Å²) in [5.74, 6) is 0.229. The molecule has 2 aliphatic heterocycles. The summed E-state index contributed by atoms with van der Waals surface area (Å²) in [6.07, 6.45) is 6.85. The van der Waals surface area contributed by atoms with Gasteiger partial charge in [-0.3, -0.25) is 19.5 Å². The number of carbonyl (C=O) groups excluding carboxylic acids is 2. The topological polar surface area (TPSA) is 56.8 Å². The van der Waals surface area contributed by atoms with Crippen molar-refractivity contribution in [1.29, 1.82) is 0 Å². The molecule has 0 aliphatic carbocycles. The van der Waals surface area contributed by atoms with E-state index in [1.807, 2.05) is 64.5 Å². The fourth-order valence-electron chi connectivity index (χ4n) is 3.81. The van der Waals surface area contributed by atoms with Gasteiger partial charge in [0, 0.05) is 63.6 Å². The van der Waals surface area contributed by atoms with E-state index < -0.39 is 0 Å². The van der Waals surface area contributed by atoms with E-state index >= 15 is 0 Å². The summed E-state index contributed by atoms with van der Waals surface area (Å²) in [5.41, 5.74) is 2.95. The van der Waals surface area contributed by atoms with Gasteiger partial charge in [0.15, 0.2) is 0 Å². The molecule has 4 rings (SSSR count). The molecule has 2 fully saturated rings. The quantitative estimate of drug-likeness (QED) is 0.737. The highest BCUT2D eigenvalue weighted by Gasteiger charge is 2.21. The van der Waals surface area contributed by atoms with E-state index in [4.69, 9.17) is 0 Å². The summed E-state index contributed by atoms with van der Waals surface area (Å²) in [4.78, 5) is 34.8. The van der Waals surface area contributed by atoms with Crippen LogP contribution in [-0.4, -0.2) is 59.3 Å². The zero-order chi connectivity index (χ0) is 20.1. The number of benzene rings is 1. The van der Waals surface area contributed by atoms with E-state index in [0.29, 0.717) is 6.42 Å². The molecule has 0 spiro atoms. The first-order valence-electron chi connectivity index (χ1n) is 10.2. The van der Waals surface area contributed by atoms with E-state index in [9.17, 15) is 9.59 Å². The number of aromatic nitrogens is 1. The molecular formula is C23H26N4O2. The van der Waals surface area contributed by atoms with E-state index in [2.05, 4.69) is 9.88 Å². The van der Waals surface area contributed by atoms with Crippen LogP contribution in [0.25, 0.3) is 6.08 Å². The smallest absolute Gasteiger partial charge is 0.246 e. The lowest BCUT2D eigenvalue weighted by Crippen LogP contribution is -2.47. The molecule has 1 aromatic carbocycles.